The molecule has 24 heteroatoms. The Hall–Kier alpha value is -2.15. The monoisotopic (exact) mass is 917 g/mol. The summed E-state index contributed by atoms with van der Waals surface area (Å²) in [5, 5.41) is 97.8. The number of ether oxygens (including phenoxy) is 9. The highest BCUT2D eigenvalue weighted by Crippen LogP contribution is 2.29. The maximum absolute atomic E-state index is 12.9. The van der Waals surface area contributed by atoms with Gasteiger partial charge in [-0.3, -0.25) is 14.4 Å². The topological polar surface area (TPSA) is 352 Å². The van der Waals surface area contributed by atoms with Crippen molar-refractivity contribution in [2.45, 2.75) is 133 Å². The molecule has 0 aliphatic carbocycles. The molecule has 0 aromatic carbocycles. The van der Waals surface area contributed by atoms with Gasteiger partial charge in [0.2, 0.25) is 11.8 Å². The van der Waals surface area contributed by atoms with E-state index in [1.165, 1.54) is 0 Å². The summed E-state index contributed by atoms with van der Waals surface area (Å²) in [5.74, 6) is -3.65. The Labute approximate surface area is 366 Å². The van der Waals surface area contributed by atoms with E-state index in [9.17, 15) is 60.3 Å². The second-order valence-corrected chi connectivity index (χ2v) is 17.3. The van der Waals surface area contributed by atoms with Gasteiger partial charge in [-0.15, -0.1) is 0 Å². The van der Waals surface area contributed by atoms with E-state index in [4.69, 9.17) is 42.6 Å². The molecule has 368 valence electrons. The lowest BCUT2D eigenvalue weighted by Gasteiger charge is -2.40. The largest absolute Gasteiger partial charge is 0.394 e. The van der Waals surface area contributed by atoms with Crippen molar-refractivity contribution >= 4 is 17.6 Å². The molecule has 0 aromatic heterocycles. The van der Waals surface area contributed by atoms with Crippen LogP contribution in [0.1, 0.15) is 48.0 Å². The molecular formula is C39H71N3O21. The van der Waals surface area contributed by atoms with Crippen LogP contribution < -0.4 is 16.0 Å². The van der Waals surface area contributed by atoms with Gasteiger partial charge in [-0.05, 0) is 20.8 Å². The molecule has 3 heterocycles. The second-order valence-electron chi connectivity index (χ2n) is 17.3. The predicted molar refractivity (Wildman–Crippen MR) is 213 cm³/mol. The zero-order valence-corrected chi connectivity index (χ0v) is 36.8. The van der Waals surface area contributed by atoms with Crippen molar-refractivity contribution in [2.75, 3.05) is 79.5 Å². The van der Waals surface area contributed by atoms with E-state index >= 15 is 0 Å². The zero-order valence-electron chi connectivity index (χ0n) is 36.8. The van der Waals surface area contributed by atoms with Crippen molar-refractivity contribution < 1.29 is 103 Å². The number of aliphatic hydroxyl groups excluding tert-OH is 9. The lowest BCUT2D eigenvalue weighted by atomic mass is 9.92. The lowest BCUT2D eigenvalue weighted by molar-refractivity contribution is -0.283. The van der Waals surface area contributed by atoms with Crippen molar-refractivity contribution in [2.24, 2.45) is 17.8 Å². The number of hydrogen-bond donors (Lipinski definition) is 12. The maximum atomic E-state index is 12.9. The number of rotatable bonds is 26. The van der Waals surface area contributed by atoms with Crippen molar-refractivity contribution in [3.63, 3.8) is 0 Å². The molecule has 3 saturated heterocycles. The van der Waals surface area contributed by atoms with Crippen LogP contribution in [0, 0.1) is 17.8 Å². The van der Waals surface area contributed by atoms with Gasteiger partial charge in [-0.2, -0.15) is 0 Å². The minimum atomic E-state index is -1.32. The van der Waals surface area contributed by atoms with Crippen LogP contribution in [0.2, 0.25) is 0 Å². The molecule has 3 aliphatic rings. The van der Waals surface area contributed by atoms with Crippen molar-refractivity contribution in [1.29, 1.82) is 0 Å². The Morgan fingerprint density at radius 3 is 1.24 bits per heavy atom. The first-order valence-electron chi connectivity index (χ1n) is 21.0. The molecule has 24 nitrogen and oxygen atoms in total. The third-order valence-corrected chi connectivity index (χ3v) is 10.8. The van der Waals surface area contributed by atoms with E-state index in [-0.39, 0.29) is 52.1 Å². The molecule has 2 amide bonds. The molecule has 3 fully saturated rings. The molecule has 0 bridgehead atoms. The van der Waals surface area contributed by atoms with E-state index in [1.807, 2.05) is 20.8 Å². The molecule has 0 saturated carbocycles. The summed E-state index contributed by atoms with van der Waals surface area (Å²) in [7, 11) is 0. The quantitative estimate of drug-likeness (QED) is 0.0360. The second kappa shape index (κ2) is 26.3. The number of carbonyl (C=O) groups is 3. The highest BCUT2D eigenvalue weighted by Gasteiger charge is 2.45. The third-order valence-electron chi connectivity index (χ3n) is 10.8. The summed E-state index contributed by atoms with van der Waals surface area (Å²) in [4.78, 5) is 38.5. The molecule has 15 atom stereocenters. The van der Waals surface area contributed by atoms with Gasteiger partial charge in [0.15, 0.2) is 24.7 Å². The molecule has 3 rings (SSSR count). The van der Waals surface area contributed by atoms with Crippen molar-refractivity contribution in [3.8, 4) is 0 Å². The van der Waals surface area contributed by atoms with Crippen LogP contribution in [-0.2, 0) is 57.0 Å². The normalized spacial score (nSPS) is 34.9. The SMILES string of the molecule is C[C@H]1C(O)[C@@H](O)C(CO)O[C@H]1OCCC(=O)COCC(COCC(=O)NCO[C@@H]1OC(CO)[C@H](O)C(O)[C@@H]1C)(COCC(=O)NCO[C@@H]1OC(CO)[C@H](O)C(O)[C@@H]1C)NC(C)(C)C. The van der Waals surface area contributed by atoms with E-state index in [0.717, 1.165) is 0 Å². The first-order chi connectivity index (χ1) is 29.7. The van der Waals surface area contributed by atoms with Crippen LogP contribution in [0.5, 0.6) is 0 Å². The van der Waals surface area contributed by atoms with Gasteiger partial charge in [-0.25, -0.2) is 0 Å². The number of aliphatic hydroxyl groups is 9. The summed E-state index contributed by atoms with van der Waals surface area (Å²) >= 11 is 0. The fourth-order valence-corrected chi connectivity index (χ4v) is 7.17. The van der Waals surface area contributed by atoms with Gasteiger partial charge in [0.1, 0.15) is 69.9 Å². The van der Waals surface area contributed by atoms with Crippen molar-refractivity contribution in [3.05, 3.63) is 0 Å². The zero-order chi connectivity index (χ0) is 47.1. The molecule has 0 aromatic rings. The Morgan fingerprint density at radius 2 is 0.889 bits per heavy atom. The van der Waals surface area contributed by atoms with E-state index in [0.29, 0.717) is 0 Å². The predicted octanol–water partition coefficient (Wildman–Crippen LogP) is -5.46. The van der Waals surface area contributed by atoms with Gasteiger partial charge in [0.05, 0.1) is 70.1 Å². The van der Waals surface area contributed by atoms with Gasteiger partial charge < -0.3 is 105 Å². The molecule has 0 radical (unpaired) electrons. The Kier molecular flexibility index (Phi) is 23.0. The van der Waals surface area contributed by atoms with Crippen LogP contribution in [-0.4, -0.2) is 228 Å². The van der Waals surface area contributed by atoms with Crippen molar-refractivity contribution in [1.82, 2.24) is 16.0 Å². The highest BCUT2D eigenvalue weighted by molar-refractivity contribution is 5.79. The van der Waals surface area contributed by atoms with E-state index < -0.39 is 154 Å². The Balaban J connectivity index is 1.59. The van der Waals surface area contributed by atoms with Crippen LogP contribution in [0.15, 0.2) is 0 Å². The lowest BCUT2D eigenvalue weighted by Crippen LogP contribution is -2.62. The van der Waals surface area contributed by atoms with Gasteiger partial charge >= 0.3 is 0 Å². The minimum Gasteiger partial charge on any atom is -0.394 e. The van der Waals surface area contributed by atoms with E-state index in [2.05, 4.69) is 16.0 Å². The fourth-order valence-electron chi connectivity index (χ4n) is 7.17. The maximum Gasteiger partial charge on any atom is 0.247 e. The summed E-state index contributed by atoms with van der Waals surface area (Å²) in [5.41, 5.74) is -1.93. The van der Waals surface area contributed by atoms with Crippen LogP contribution >= 0.6 is 0 Å². The van der Waals surface area contributed by atoms with E-state index in [1.54, 1.807) is 20.8 Å². The van der Waals surface area contributed by atoms with Gasteiger partial charge in [-0.1, -0.05) is 20.8 Å². The van der Waals surface area contributed by atoms with Gasteiger partial charge in [0.25, 0.3) is 0 Å². The minimum absolute atomic E-state index is 0.123. The smallest absolute Gasteiger partial charge is 0.247 e. The Bertz CT molecular complexity index is 1230. The molecule has 63 heavy (non-hydrogen) atoms. The summed E-state index contributed by atoms with van der Waals surface area (Å²) in [6.07, 6.45) is -14.1. The van der Waals surface area contributed by atoms with Gasteiger partial charge in [0, 0.05) is 29.7 Å². The molecule has 12 N–H and O–H groups in total. The number of carbonyl (C=O) groups excluding carboxylic acids is 3. The van der Waals surface area contributed by atoms with Crippen LogP contribution in [0.4, 0.5) is 0 Å². The summed E-state index contributed by atoms with van der Waals surface area (Å²) in [6, 6.07) is 0. The number of Topliss-reactive ketones (excluding diaryl/α,β-unsaturated/α-hetero) is 1. The first kappa shape index (κ1) is 55.2. The number of nitrogens with one attached hydrogen (secondary N) is 3. The molecule has 3 aliphatic heterocycles. The summed E-state index contributed by atoms with van der Waals surface area (Å²) in [6.45, 7) is 5.57. The summed E-state index contributed by atoms with van der Waals surface area (Å²) < 4.78 is 50.8. The van der Waals surface area contributed by atoms with Crippen LogP contribution in [0.3, 0.4) is 0 Å². The molecule has 6 unspecified atom stereocenters. The van der Waals surface area contributed by atoms with Crippen LogP contribution in [0.25, 0.3) is 0 Å². The standard InChI is InChI=1S/C39H71N3O21/c1-20-29(49)32(52)24(9-43)61-35(20)58-8-7-23(46)12-55-15-39(42-38(4,5)6,16-56-13-27(47)40-18-59-36-21(2)30(50)33(53)25(10-44)62-36)17-57-14-28(48)41-19-60-37-22(3)31(51)34(54)26(11-45)63-37/h20-22,24-26,29-37,42-45,49-54H,7-19H2,1-6H3,(H,40,47)(H,41,48)/t20-,21-,22-,24?,25?,26?,29?,30?,31?,32-,33-,34-,35+,36+,37+,39?/m0/s1. The third kappa shape index (κ3) is 16.9. The fraction of sp³-hybridized carbons (Fsp3) is 0.923. The number of hydrogen-bond acceptors (Lipinski definition) is 22. The molecular weight excluding hydrogens is 846 g/mol. The Morgan fingerprint density at radius 1 is 0.540 bits per heavy atom. The average molecular weight is 918 g/mol. The molecule has 0 spiro atoms. The number of ketones is 1. The first-order valence-corrected chi connectivity index (χ1v) is 21.0. The highest BCUT2D eigenvalue weighted by atomic mass is 16.7. The average Bonchev–Trinajstić information content (AvgIpc) is 3.23. The number of amides is 2.